The number of hydrogen-bond acceptors (Lipinski definition) is 4. The standard InChI is InChI=1S/C27H45N3O4/c1-7-9-11-15-19-30(23(31)20-29-26(33)34-27(4,5)6)24(22-17-13-12-16-21(22)3)25(32)28-18-14-10-8-2/h12-13,16-17,24H,7-11,14-15,18-20H2,1-6H3,(H,28,32)(H,29,33). The van der Waals surface area contributed by atoms with Crippen LogP contribution in [0, 0.1) is 6.92 Å². The maximum atomic E-state index is 13.4. The van der Waals surface area contributed by atoms with Gasteiger partial charge in [-0.25, -0.2) is 4.79 Å². The van der Waals surface area contributed by atoms with Crippen molar-refractivity contribution in [2.24, 2.45) is 0 Å². The maximum absolute atomic E-state index is 13.4. The highest BCUT2D eigenvalue weighted by atomic mass is 16.6. The SMILES string of the molecule is CCCCCCN(C(=O)CNC(=O)OC(C)(C)C)C(C(=O)NCCCCC)c1ccccc1C. The normalized spacial score (nSPS) is 12.1. The van der Waals surface area contributed by atoms with Crippen molar-refractivity contribution in [1.29, 1.82) is 0 Å². The van der Waals surface area contributed by atoms with Crippen molar-refractivity contribution < 1.29 is 19.1 Å². The van der Waals surface area contributed by atoms with Crippen molar-refractivity contribution in [2.45, 2.75) is 98.1 Å². The van der Waals surface area contributed by atoms with Crippen LogP contribution < -0.4 is 10.6 Å². The van der Waals surface area contributed by atoms with Crippen molar-refractivity contribution in [3.8, 4) is 0 Å². The second-order valence-corrected chi connectivity index (χ2v) is 9.76. The van der Waals surface area contributed by atoms with Crippen LogP contribution in [0.2, 0.25) is 0 Å². The van der Waals surface area contributed by atoms with Crippen molar-refractivity contribution >= 4 is 17.9 Å². The molecule has 7 nitrogen and oxygen atoms in total. The van der Waals surface area contributed by atoms with Gasteiger partial charge in [-0.2, -0.15) is 0 Å². The van der Waals surface area contributed by atoms with E-state index in [4.69, 9.17) is 4.74 Å². The summed E-state index contributed by atoms with van der Waals surface area (Å²) in [5.74, 6) is -0.495. The van der Waals surface area contributed by atoms with E-state index >= 15 is 0 Å². The largest absolute Gasteiger partial charge is 0.444 e. The predicted octanol–water partition coefficient (Wildman–Crippen LogP) is 5.28. The third-order valence-corrected chi connectivity index (χ3v) is 5.48. The number of nitrogens with zero attached hydrogens (tertiary/aromatic N) is 1. The van der Waals surface area contributed by atoms with E-state index in [9.17, 15) is 14.4 Å². The first-order valence-corrected chi connectivity index (χ1v) is 12.7. The number of carbonyl (C=O) groups excluding carboxylic acids is 3. The molecule has 0 bridgehead atoms. The number of benzene rings is 1. The Bertz CT molecular complexity index is 773. The molecule has 0 aliphatic heterocycles. The maximum Gasteiger partial charge on any atom is 0.408 e. The van der Waals surface area contributed by atoms with Crippen molar-refractivity contribution in [3.63, 3.8) is 0 Å². The first-order chi connectivity index (χ1) is 16.1. The Morgan fingerprint density at radius 3 is 2.21 bits per heavy atom. The third kappa shape index (κ3) is 11.0. The fourth-order valence-electron chi connectivity index (χ4n) is 3.70. The van der Waals surface area contributed by atoms with Crippen LogP contribution in [0.1, 0.15) is 96.7 Å². The average molecular weight is 476 g/mol. The van der Waals surface area contributed by atoms with Crippen LogP contribution in [0.4, 0.5) is 4.79 Å². The van der Waals surface area contributed by atoms with Gasteiger partial charge in [0, 0.05) is 13.1 Å². The highest BCUT2D eigenvalue weighted by Crippen LogP contribution is 2.25. The number of nitrogens with one attached hydrogen (secondary N) is 2. The van der Waals surface area contributed by atoms with Gasteiger partial charge in [0.2, 0.25) is 11.8 Å². The molecule has 1 atom stereocenters. The first-order valence-electron chi connectivity index (χ1n) is 12.7. The quantitative estimate of drug-likeness (QED) is 0.359. The van der Waals surface area contributed by atoms with Crippen LogP contribution in [0.3, 0.4) is 0 Å². The summed E-state index contributed by atoms with van der Waals surface area (Å²) in [6, 6.07) is 6.91. The molecular weight excluding hydrogens is 430 g/mol. The topological polar surface area (TPSA) is 87.7 Å². The second-order valence-electron chi connectivity index (χ2n) is 9.76. The molecule has 2 N–H and O–H groups in total. The summed E-state index contributed by atoms with van der Waals surface area (Å²) in [5.41, 5.74) is 1.09. The monoisotopic (exact) mass is 475 g/mol. The van der Waals surface area contributed by atoms with E-state index in [-0.39, 0.29) is 18.4 Å². The molecule has 3 amide bonds. The molecule has 0 fully saturated rings. The fourth-order valence-corrected chi connectivity index (χ4v) is 3.70. The van der Waals surface area contributed by atoms with Crippen LogP contribution in [-0.4, -0.2) is 48.0 Å². The summed E-state index contributed by atoms with van der Waals surface area (Å²) in [7, 11) is 0. The fraction of sp³-hybridized carbons (Fsp3) is 0.667. The van der Waals surface area contributed by atoms with E-state index in [1.54, 1.807) is 25.7 Å². The molecule has 0 aliphatic rings. The van der Waals surface area contributed by atoms with E-state index in [0.29, 0.717) is 13.1 Å². The lowest BCUT2D eigenvalue weighted by Gasteiger charge is -2.32. The van der Waals surface area contributed by atoms with Crippen LogP contribution in [0.15, 0.2) is 24.3 Å². The molecule has 1 aromatic rings. The summed E-state index contributed by atoms with van der Waals surface area (Å²) in [6.45, 7) is 12.3. The molecule has 0 aliphatic carbocycles. The zero-order valence-corrected chi connectivity index (χ0v) is 22.0. The minimum atomic E-state index is -0.752. The lowest BCUT2D eigenvalue weighted by molar-refractivity contribution is -0.140. The van der Waals surface area contributed by atoms with Gasteiger partial charge in [-0.15, -0.1) is 0 Å². The summed E-state index contributed by atoms with van der Waals surface area (Å²) in [5, 5.41) is 5.59. The van der Waals surface area contributed by atoms with Crippen molar-refractivity contribution in [3.05, 3.63) is 35.4 Å². The zero-order chi connectivity index (χ0) is 25.6. The summed E-state index contributed by atoms with van der Waals surface area (Å²) < 4.78 is 5.27. The Balaban J connectivity index is 3.14. The van der Waals surface area contributed by atoms with Gasteiger partial charge in [0.1, 0.15) is 18.2 Å². The number of alkyl carbamates (subject to hydrolysis) is 1. The van der Waals surface area contributed by atoms with Gasteiger partial charge in [0.15, 0.2) is 0 Å². The van der Waals surface area contributed by atoms with Crippen LogP contribution in [0.5, 0.6) is 0 Å². The van der Waals surface area contributed by atoms with Gasteiger partial charge in [-0.1, -0.05) is 70.2 Å². The lowest BCUT2D eigenvalue weighted by Crippen LogP contribution is -2.48. The predicted molar refractivity (Wildman–Crippen MR) is 137 cm³/mol. The third-order valence-electron chi connectivity index (χ3n) is 5.48. The molecular formula is C27H45N3O4. The zero-order valence-electron chi connectivity index (χ0n) is 22.0. The van der Waals surface area contributed by atoms with Gasteiger partial charge in [0.25, 0.3) is 0 Å². The number of aryl methyl sites for hydroxylation is 1. The molecule has 1 unspecified atom stereocenters. The molecule has 0 aromatic heterocycles. The first kappa shape index (κ1) is 29.5. The highest BCUT2D eigenvalue weighted by Gasteiger charge is 2.32. The molecule has 0 spiro atoms. The van der Waals surface area contributed by atoms with E-state index in [1.165, 1.54) is 0 Å². The molecule has 0 saturated carbocycles. The second kappa shape index (κ2) is 15.4. The Labute approximate surface area is 206 Å². The number of rotatable bonds is 14. The van der Waals surface area contributed by atoms with E-state index in [2.05, 4.69) is 24.5 Å². The molecule has 7 heteroatoms. The smallest absolute Gasteiger partial charge is 0.408 e. The molecule has 192 valence electrons. The van der Waals surface area contributed by atoms with Crippen molar-refractivity contribution in [1.82, 2.24) is 15.5 Å². The van der Waals surface area contributed by atoms with Gasteiger partial charge in [-0.05, 0) is 51.7 Å². The molecule has 0 saturated heterocycles. The minimum Gasteiger partial charge on any atom is -0.444 e. The molecule has 34 heavy (non-hydrogen) atoms. The van der Waals surface area contributed by atoms with Gasteiger partial charge in [-0.3, -0.25) is 9.59 Å². The summed E-state index contributed by atoms with van der Waals surface area (Å²) in [6.07, 6.45) is 6.25. The minimum absolute atomic E-state index is 0.188. The van der Waals surface area contributed by atoms with Crippen LogP contribution in [0.25, 0.3) is 0 Å². The van der Waals surface area contributed by atoms with Crippen molar-refractivity contribution in [2.75, 3.05) is 19.6 Å². The molecule has 0 radical (unpaired) electrons. The number of hydrogen-bond donors (Lipinski definition) is 2. The Morgan fingerprint density at radius 1 is 0.941 bits per heavy atom. The van der Waals surface area contributed by atoms with E-state index in [1.807, 2.05) is 31.2 Å². The molecule has 0 heterocycles. The number of amides is 3. The Morgan fingerprint density at radius 2 is 1.59 bits per heavy atom. The Hall–Kier alpha value is -2.57. The van der Waals surface area contributed by atoms with E-state index in [0.717, 1.165) is 56.1 Å². The van der Waals surface area contributed by atoms with Gasteiger partial charge >= 0.3 is 6.09 Å². The molecule has 1 rings (SSSR count). The molecule has 1 aromatic carbocycles. The number of unbranched alkanes of at least 4 members (excludes halogenated alkanes) is 5. The van der Waals surface area contributed by atoms with Crippen LogP contribution >= 0.6 is 0 Å². The van der Waals surface area contributed by atoms with Gasteiger partial charge < -0.3 is 20.3 Å². The Kier molecular flexibility index (Phi) is 13.3. The highest BCUT2D eigenvalue weighted by molar-refractivity contribution is 5.90. The van der Waals surface area contributed by atoms with E-state index < -0.39 is 17.7 Å². The van der Waals surface area contributed by atoms with Crippen LogP contribution in [-0.2, 0) is 14.3 Å². The number of carbonyl (C=O) groups is 3. The lowest BCUT2D eigenvalue weighted by atomic mass is 9.98. The van der Waals surface area contributed by atoms with Gasteiger partial charge in [0.05, 0.1) is 0 Å². The number of ether oxygens (including phenoxy) is 1. The average Bonchev–Trinajstić information content (AvgIpc) is 2.77. The summed E-state index contributed by atoms with van der Waals surface area (Å²) in [4.78, 5) is 40.5. The summed E-state index contributed by atoms with van der Waals surface area (Å²) >= 11 is 0.